The third-order valence-corrected chi connectivity index (χ3v) is 5.09. The van der Waals surface area contributed by atoms with E-state index >= 15 is 0 Å². The predicted octanol–water partition coefficient (Wildman–Crippen LogP) is 3.04. The Morgan fingerprint density at radius 1 is 1.37 bits per heavy atom. The molecule has 4 nitrogen and oxygen atoms in total. The first-order valence-corrected chi connectivity index (χ1v) is 8.64. The number of thioether (sulfide) groups is 1. The molecular weight excluding hydrogens is 278 g/mol. The first-order chi connectivity index (χ1) is 9.10. The van der Waals surface area contributed by atoms with Gasteiger partial charge in [-0.05, 0) is 26.5 Å². The molecule has 1 rings (SSSR count). The van der Waals surface area contributed by atoms with Gasteiger partial charge in [0.05, 0.1) is 10.6 Å². The summed E-state index contributed by atoms with van der Waals surface area (Å²) >= 11 is 3.10. The van der Waals surface area contributed by atoms with Crippen LogP contribution in [0.15, 0.2) is 4.90 Å². The van der Waals surface area contributed by atoms with Gasteiger partial charge < -0.3 is 16.0 Å². The highest BCUT2D eigenvalue weighted by Gasteiger charge is 2.22. The zero-order valence-electron chi connectivity index (χ0n) is 12.1. The average molecular weight is 301 g/mol. The van der Waals surface area contributed by atoms with Crippen molar-refractivity contribution in [3.63, 3.8) is 0 Å². The number of carbonyl (C=O) groups is 1. The van der Waals surface area contributed by atoms with E-state index in [9.17, 15) is 4.79 Å². The van der Waals surface area contributed by atoms with Crippen LogP contribution in [-0.2, 0) is 0 Å². The number of anilines is 2. The number of hydrogen-bond acceptors (Lipinski definition) is 5. The minimum absolute atomic E-state index is 0.0574. The minimum Gasteiger partial charge on any atom is -0.396 e. The maximum Gasteiger partial charge on any atom is 0.263 e. The van der Waals surface area contributed by atoms with Crippen LogP contribution in [0.3, 0.4) is 0 Å². The molecule has 19 heavy (non-hydrogen) atoms. The molecule has 0 saturated carbocycles. The molecule has 1 aromatic rings. The van der Waals surface area contributed by atoms with E-state index in [4.69, 9.17) is 5.73 Å². The number of nitrogens with two attached hydrogens (primary N) is 1. The van der Waals surface area contributed by atoms with Crippen molar-refractivity contribution in [2.75, 3.05) is 36.5 Å². The van der Waals surface area contributed by atoms with Crippen LogP contribution in [0.2, 0.25) is 0 Å². The van der Waals surface area contributed by atoms with Crippen molar-refractivity contribution in [1.82, 2.24) is 5.32 Å². The summed E-state index contributed by atoms with van der Waals surface area (Å²) in [6, 6.07) is 0. The molecule has 0 aliphatic heterocycles. The normalized spacial score (nSPS) is 10.5. The Bertz CT molecular complexity index is 428. The van der Waals surface area contributed by atoms with Crippen LogP contribution in [0.5, 0.6) is 0 Å². The molecule has 0 aromatic carbocycles. The van der Waals surface area contributed by atoms with E-state index in [1.165, 1.54) is 11.3 Å². The van der Waals surface area contributed by atoms with Gasteiger partial charge in [-0.3, -0.25) is 4.79 Å². The van der Waals surface area contributed by atoms with Gasteiger partial charge in [0.2, 0.25) is 0 Å². The Morgan fingerprint density at radius 3 is 2.47 bits per heavy atom. The summed E-state index contributed by atoms with van der Waals surface area (Å²) in [5.41, 5.74) is 6.76. The van der Waals surface area contributed by atoms with E-state index < -0.39 is 0 Å². The third-order valence-electron chi connectivity index (χ3n) is 2.88. The van der Waals surface area contributed by atoms with Crippen molar-refractivity contribution in [2.45, 2.75) is 32.1 Å². The van der Waals surface area contributed by atoms with Crippen molar-refractivity contribution in [3.05, 3.63) is 4.88 Å². The topological polar surface area (TPSA) is 58.4 Å². The molecule has 3 N–H and O–H groups in total. The Morgan fingerprint density at radius 2 is 2.00 bits per heavy atom. The molecule has 0 atom stereocenters. The molecule has 0 unspecified atom stereocenters. The number of amides is 1. The first kappa shape index (κ1) is 16.2. The highest BCUT2D eigenvalue weighted by Crippen LogP contribution is 2.43. The highest BCUT2D eigenvalue weighted by atomic mass is 32.2. The highest BCUT2D eigenvalue weighted by molar-refractivity contribution is 7.99. The Kier molecular flexibility index (Phi) is 6.51. The van der Waals surface area contributed by atoms with Gasteiger partial charge >= 0.3 is 0 Å². The number of nitrogens with zero attached hydrogens (tertiary/aromatic N) is 1. The van der Waals surface area contributed by atoms with E-state index in [0.717, 1.165) is 29.4 Å². The first-order valence-electron chi connectivity index (χ1n) is 6.59. The number of carbonyl (C=O) groups excluding carboxylic acids is 1. The van der Waals surface area contributed by atoms with E-state index in [0.29, 0.717) is 17.1 Å². The lowest BCUT2D eigenvalue weighted by Crippen LogP contribution is -2.23. The molecule has 6 heteroatoms. The molecule has 0 aliphatic carbocycles. The second-order valence-electron chi connectivity index (χ2n) is 4.11. The maximum atomic E-state index is 12.1. The van der Waals surface area contributed by atoms with E-state index in [1.54, 1.807) is 11.8 Å². The van der Waals surface area contributed by atoms with Gasteiger partial charge in [-0.2, -0.15) is 0 Å². The molecule has 0 aliphatic rings. The molecule has 1 heterocycles. The molecule has 0 fully saturated rings. The van der Waals surface area contributed by atoms with E-state index in [-0.39, 0.29) is 5.91 Å². The van der Waals surface area contributed by atoms with Crippen LogP contribution < -0.4 is 16.0 Å². The maximum absolute atomic E-state index is 12.1. The van der Waals surface area contributed by atoms with Gasteiger partial charge in [0.15, 0.2) is 0 Å². The third kappa shape index (κ3) is 3.57. The van der Waals surface area contributed by atoms with E-state index in [1.807, 2.05) is 13.2 Å². The molecule has 0 saturated heterocycles. The monoisotopic (exact) mass is 301 g/mol. The van der Waals surface area contributed by atoms with Crippen LogP contribution in [0.25, 0.3) is 0 Å². The molecule has 0 radical (unpaired) electrons. The van der Waals surface area contributed by atoms with Gasteiger partial charge in [-0.25, -0.2) is 0 Å². The Labute approximate surface area is 123 Å². The van der Waals surface area contributed by atoms with Crippen LogP contribution >= 0.6 is 23.1 Å². The largest absolute Gasteiger partial charge is 0.396 e. The average Bonchev–Trinajstić information content (AvgIpc) is 2.74. The molecule has 108 valence electrons. The smallest absolute Gasteiger partial charge is 0.263 e. The second-order valence-corrected chi connectivity index (χ2v) is 5.93. The second kappa shape index (κ2) is 7.65. The number of nitrogens with one attached hydrogen (secondary N) is 1. The SMILES string of the molecule is CCCNC(=O)c1sc(N(CC)CC)c(SC)c1N. The summed E-state index contributed by atoms with van der Waals surface area (Å²) in [6.45, 7) is 8.78. The predicted molar refractivity (Wildman–Crippen MR) is 86.7 cm³/mol. The number of thiophene rings is 1. The number of hydrogen-bond donors (Lipinski definition) is 2. The van der Waals surface area contributed by atoms with Crippen molar-refractivity contribution < 1.29 is 4.79 Å². The van der Waals surface area contributed by atoms with Crippen LogP contribution in [0, 0.1) is 0 Å². The molecule has 0 spiro atoms. The molecule has 1 amide bonds. The fraction of sp³-hybridized carbons (Fsp3) is 0.615. The Hall–Kier alpha value is -0.880. The van der Waals surface area contributed by atoms with Crippen LogP contribution in [0.1, 0.15) is 36.9 Å². The Balaban J connectivity index is 3.11. The lowest BCUT2D eigenvalue weighted by atomic mass is 10.3. The molecular formula is C13H23N3OS2. The van der Waals surface area contributed by atoms with Crippen molar-refractivity contribution in [3.8, 4) is 0 Å². The zero-order chi connectivity index (χ0) is 14.4. The summed E-state index contributed by atoms with van der Waals surface area (Å²) in [5, 5.41) is 4.00. The van der Waals surface area contributed by atoms with E-state index in [2.05, 4.69) is 24.1 Å². The summed E-state index contributed by atoms with van der Waals surface area (Å²) in [7, 11) is 0. The fourth-order valence-corrected chi connectivity index (χ4v) is 4.05. The van der Waals surface area contributed by atoms with Crippen molar-refractivity contribution in [1.29, 1.82) is 0 Å². The van der Waals surface area contributed by atoms with Crippen LogP contribution in [0.4, 0.5) is 10.7 Å². The lowest BCUT2D eigenvalue weighted by Gasteiger charge is -2.20. The van der Waals surface area contributed by atoms with Crippen molar-refractivity contribution in [2.24, 2.45) is 0 Å². The number of rotatable bonds is 7. The summed E-state index contributed by atoms with van der Waals surface area (Å²) in [4.78, 5) is 16.0. The quantitative estimate of drug-likeness (QED) is 0.760. The fourth-order valence-electron chi connectivity index (χ4n) is 1.82. The zero-order valence-corrected chi connectivity index (χ0v) is 13.7. The molecule has 1 aromatic heterocycles. The van der Waals surface area contributed by atoms with Gasteiger partial charge in [-0.15, -0.1) is 23.1 Å². The van der Waals surface area contributed by atoms with Crippen LogP contribution in [-0.4, -0.2) is 31.8 Å². The van der Waals surface area contributed by atoms with Crippen molar-refractivity contribution >= 4 is 39.7 Å². The van der Waals surface area contributed by atoms with Gasteiger partial charge in [0, 0.05) is 19.6 Å². The van der Waals surface area contributed by atoms with Gasteiger partial charge in [-0.1, -0.05) is 6.92 Å². The molecule has 0 bridgehead atoms. The van der Waals surface area contributed by atoms with Gasteiger partial charge in [0.25, 0.3) is 5.91 Å². The summed E-state index contributed by atoms with van der Waals surface area (Å²) in [6.07, 6.45) is 2.93. The lowest BCUT2D eigenvalue weighted by molar-refractivity contribution is 0.0958. The standard InChI is InChI=1S/C13H23N3OS2/c1-5-8-15-12(17)10-9(14)11(18-4)13(19-10)16(6-2)7-3/h5-8,14H2,1-4H3,(H,15,17). The minimum atomic E-state index is -0.0574. The number of nitrogen functional groups attached to an aromatic ring is 1. The summed E-state index contributed by atoms with van der Waals surface area (Å²) < 4.78 is 0. The van der Waals surface area contributed by atoms with Gasteiger partial charge in [0.1, 0.15) is 9.88 Å². The summed E-state index contributed by atoms with van der Waals surface area (Å²) in [5.74, 6) is -0.0574.